The Hall–Kier alpha value is -1.78. The Kier molecular flexibility index (Phi) is 6.05. The first-order valence-corrected chi connectivity index (χ1v) is 9.80. The van der Waals surface area contributed by atoms with Crippen molar-refractivity contribution in [3.8, 4) is 0 Å². The second kappa shape index (κ2) is 8.28. The van der Waals surface area contributed by atoms with Crippen molar-refractivity contribution in [1.29, 1.82) is 0 Å². The van der Waals surface area contributed by atoms with Crippen LogP contribution in [0.15, 0.2) is 47.1 Å². The van der Waals surface area contributed by atoms with Crippen LogP contribution in [0.1, 0.15) is 50.5 Å². The molecule has 3 rings (SSSR count). The molecule has 1 saturated carbocycles. The second-order valence-electron chi connectivity index (χ2n) is 6.91. The quantitative estimate of drug-likeness (QED) is 0.737. The highest BCUT2D eigenvalue weighted by Crippen LogP contribution is 2.44. The molecule has 26 heavy (non-hydrogen) atoms. The van der Waals surface area contributed by atoms with Gasteiger partial charge in [-0.2, -0.15) is 0 Å². The zero-order valence-corrected chi connectivity index (χ0v) is 16.3. The van der Waals surface area contributed by atoms with Gasteiger partial charge in [-0.15, -0.1) is 0 Å². The van der Waals surface area contributed by atoms with Crippen LogP contribution in [-0.4, -0.2) is 30.4 Å². The van der Waals surface area contributed by atoms with E-state index in [1.807, 2.05) is 36.4 Å². The van der Waals surface area contributed by atoms with Crippen LogP contribution in [0, 0.1) is 0 Å². The van der Waals surface area contributed by atoms with Gasteiger partial charge in [0, 0.05) is 11.6 Å². The monoisotopic (exact) mass is 374 g/mol. The minimum Gasteiger partial charge on any atom is -0.468 e. The number of hydrogen-bond donors (Lipinski definition) is 1. The first-order valence-electron chi connectivity index (χ1n) is 9.42. The summed E-state index contributed by atoms with van der Waals surface area (Å²) in [6.45, 7) is 6.59. The lowest BCUT2D eigenvalue weighted by Gasteiger charge is -2.41. The van der Waals surface area contributed by atoms with E-state index in [-0.39, 0.29) is 11.9 Å². The number of nitrogens with zero attached hydrogens (tertiary/aromatic N) is 1. The summed E-state index contributed by atoms with van der Waals surface area (Å²) in [7, 11) is 0. The Balaban J connectivity index is 1.75. The normalized spacial score (nSPS) is 16.9. The van der Waals surface area contributed by atoms with Crippen molar-refractivity contribution in [2.45, 2.75) is 44.6 Å². The van der Waals surface area contributed by atoms with E-state index in [0.717, 1.165) is 43.7 Å². The minimum atomic E-state index is -0.443. The van der Waals surface area contributed by atoms with Gasteiger partial charge < -0.3 is 9.73 Å². The third kappa shape index (κ3) is 3.67. The number of carbonyl (C=O) groups excluding carboxylic acids is 1. The maximum Gasteiger partial charge on any atom is 0.230 e. The summed E-state index contributed by atoms with van der Waals surface area (Å²) in [5, 5.41) is 3.88. The first-order chi connectivity index (χ1) is 12.6. The van der Waals surface area contributed by atoms with Gasteiger partial charge in [0.2, 0.25) is 5.91 Å². The molecule has 1 aliphatic rings. The summed E-state index contributed by atoms with van der Waals surface area (Å²) in [6, 6.07) is 11.6. The zero-order chi connectivity index (χ0) is 18.6. The molecule has 1 fully saturated rings. The molecule has 1 aliphatic carbocycles. The smallest absolute Gasteiger partial charge is 0.230 e. The lowest BCUT2D eigenvalue weighted by atomic mass is 9.64. The molecule has 4 nitrogen and oxygen atoms in total. The SMILES string of the molecule is CCN(CC)C(CNC(=O)C1(c2cccc(Cl)c2)CCC1)c1ccco1. The molecule has 1 aromatic carbocycles. The zero-order valence-electron chi connectivity index (χ0n) is 15.5. The van der Waals surface area contributed by atoms with Gasteiger partial charge in [0.05, 0.1) is 17.7 Å². The predicted molar refractivity (Wildman–Crippen MR) is 104 cm³/mol. The fourth-order valence-corrected chi connectivity index (χ4v) is 4.07. The van der Waals surface area contributed by atoms with Crippen molar-refractivity contribution in [2.24, 2.45) is 0 Å². The van der Waals surface area contributed by atoms with Gasteiger partial charge in [0.25, 0.3) is 0 Å². The Morgan fingerprint density at radius 1 is 1.27 bits per heavy atom. The third-order valence-corrected chi connectivity index (χ3v) is 5.83. The summed E-state index contributed by atoms with van der Waals surface area (Å²) in [5.41, 5.74) is 0.577. The van der Waals surface area contributed by atoms with Crippen molar-refractivity contribution >= 4 is 17.5 Å². The summed E-state index contributed by atoms with van der Waals surface area (Å²) in [5.74, 6) is 0.981. The van der Waals surface area contributed by atoms with E-state index < -0.39 is 5.41 Å². The molecule has 0 saturated heterocycles. The highest BCUT2D eigenvalue weighted by molar-refractivity contribution is 6.30. The van der Waals surface area contributed by atoms with Crippen LogP contribution in [0.5, 0.6) is 0 Å². The number of likely N-dealkylation sites (N-methyl/N-ethyl adjacent to an activating group) is 1. The van der Waals surface area contributed by atoms with Crippen LogP contribution in [0.2, 0.25) is 5.02 Å². The fourth-order valence-electron chi connectivity index (χ4n) is 3.88. The van der Waals surface area contributed by atoms with E-state index in [9.17, 15) is 4.79 Å². The highest BCUT2D eigenvalue weighted by Gasteiger charge is 2.45. The summed E-state index contributed by atoms with van der Waals surface area (Å²) in [4.78, 5) is 15.4. The van der Waals surface area contributed by atoms with Crippen LogP contribution < -0.4 is 5.32 Å². The third-order valence-electron chi connectivity index (χ3n) is 5.60. The molecule has 1 atom stereocenters. The summed E-state index contributed by atoms with van der Waals surface area (Å²) in [6.07, 6.45) is 4.50. The number of carbonyl (C=O) groups is 1. The molecule has 1 aromatic heterocycles. The average Bonchev–Trinajstić information content (AvgIpc) is 3.12. The first kappa shape index (κ1) is 19.0. The van der Waals surface area contributed by atoms with Gasteiger partial charge in [-0.1, -0.05) is 44.0 Å². The van der Waals surface area contributed by atoms with Crippen LogP contribution in [-0.2, 0) is 10.2 Å². The predicted octanol–water partition coefficient (Wildman–Crippen LogP) is 4.55. The molecule has 140 valence electrons. The fraction of sp³-hybridized carbons (Fsp3) is 0.476. The van der Waals surface area contributed by atoms with Crippen LogP contribution in [0.3, 0.4) is 0 Å². The van der Waals surface area contributed by atoms with E-state index in [2.05, 4.69) is 24.1 Å². The molecule has 0 bridgehead atoms. The molecule has 1 N–H and O–H groups in total. The lowest BCUT2D eigenvalue weighted by molar-refractivity contribution is -0.130. The van der Waals surface area contributed by atoms with Gasteiger partial charge in [-0.05, 0) is 55.8 Å². The largest absolute Gasteiger partial charge is 0.468 e. The maximum absolute atomic E-state index is 13.1. The van der Waals surface area contributed by atoms with Crippen LogP contribution >= 0.6 is 11.6 Å². The highest BCUT2D eigenvalue weighted by atomic mass is 35.5. The van der Waals surface area contributed by atoms with Crippen LogP contribution in [0.4, 0.5) is 0 Å². The molecule has 0 radical (unpaired) electrons. The Labute approximate surface area is 160 Å². The number of furan rings is 1. The van der Waals surface area contributed by atoms with Gasteiger partial charge in [-0.3, -0.25) is 9.69 Å². The van der Waals surface area contributed by atoms with Crippen molar-refractivity contribution in [1.82, 2.24) is 10.2 Å². The van der Waals surface area contributed by atoms with E-state index in [1.54, 1.807) is 6.26 Å². The summed E-state index contributed by atoms with van der Waals surface area (Å²) >= 11 is 6.16. The van der Waals surface area contributed by atoms with Crippen molar-refractivity contribution < 1.29 is 9.21 Å². The van der Waals surface area contributed by atoms with E-state index >= 15 is 0 Å². The molecule has 1 unspecified atom stereocenters. The number of nitrogens with one attached hydrogen (secondary N) is 1. The number of amides is 1. The average molecular weight is 375 g/mol. The molecule has 0 spiro atoms. The maximum atomic E-state index is 13.1. The van der Waals surface area contributed by atoms with Crippen molar-refractivity contribution in [2.75, 3.05) is 19.6 Å². The molecule has 1 amide bonds. The molecule has 0 aliphatic heterocycles. The second-order valence-corrected chi connectivity index (χ2v) is 7.34. The standard InChI is InChI=1S/C21H27ClN2O2/c1-3-24(4-2)18(19-10-6-13-26-19)15-23-20(25)21(11-7-12-21)16-8-5-9-17(22)14-16/h5-6,8-10,13-14,18H,3-4,7,11-12,15H2,1-2H3,(H,23,25). The Morgan fingerprint density at radius 2 is 2.04 bits per heavy atom. The van der Waals surface area contributed by atoms with E-state index in [4.69, 9.17) is 16.0 Å². The number of rotatable bonds is 8. The Bertz CT molecular complexity index is 721. The number of benzene rings is 1. The van der Waals surface area contributed by atoms with Gasteiger partial charge >= 0.3 is 0 Å². The minimum absolute atomic E-state index is 0.0421. The van der Waals surface area contributed by atoms with Crippen molar-refractivity contribution in [3.05, 3.63) is 59.0 Å². The van der Waals surface area contributed by atoms with Gasteiger partial charge in [0.1, 0.15) is 5.76 Å². The molecular formula is C21H27ClN2O2. The molecule has 1 heterocycles. The molecule has 5 heteroatoms. The van der Waals surface area contributed by atoms with E-state index in [1.165, 1.54) is 0 Å². The molecule has 2 aromatic rings. The van der Waals surface area contributed by atoms with E-state index in [0.29, 0.717) is 11.6 Å². The van der Waals surface area contributed by atoms with Gasteiger partial charge in [-0.25, -0.2) is 0 Å². The van der Waals surface area contributed by atoms with Crippen molar-refractivity contribution in [3.63, 3.8) is 0 Å². The molecular weight excluding hydrogens is 348 g/mol. The number of hydrogen-bond acceptors (Lipinski definition) is 3. The number of halogens is 1. The van der Waals surface area contributed by atoms with Crippen LogP contribution in [0.25, 0.3) is 0 Å². The lowest BCUT2D eigenvalue weighted by Crippen LogP contribution is -2.51. The summed E-state index contributed by atoms with van der Waals surface area (Å²) < 4.78 is 5.63. The van der Waals surface area contributed by atoms with Gasteiger partial charge in [0.15, 0.2) is 0 Å². The Morgan fingerprint density at radius 3 is 2.58 bits per heavy atom. The topological polar surface area (TPSA) is 45.5 Å².